The zero-order chi connectivity index (χ0) is 25.1. The first-order valence-corrected chi connectivity index (χ1v) is 15.8. The molecule has 1 radical (unpaired) electrons. The summed E-state index contributed by atoms with van der Waals surface area (Å²) in [5.74, 6) is 0.564. The molecule has 0 nitrogen and oxygen atoms in total. The number of allylic oxidation sites excluding steroid dienone is 2. The number of rotatable bonds is 4. The molecule has 2 aliphatic carbocycles. The van der Waals surface area contributed by atoms with Gasteiger partial charge < -0.3 is 24.8 Å². The van der Waals surface area contributed by atoms with Gasteiger partial charge in [-0.25, -0.2) is 0 Å². The van der Waals surface area contributed by atoms with Gasteiger partial charge in [-0.2, -0.15) is 0 Å². The summed E-state index contributed by atoms with van der Waals surface area (Å²) in [5.41, 5.74) is 12.7. The van der Waals surface area contributed by atoms with Crippen molar-refractivity contribution in [2.75, 3.05) is 0 Å². The smallest absolute Gasteiger partial charge is 0.0674 e. The summed E-state index contributed by atoms with van der Waals surface area (Å²) in [6, 6.07) is 34.0. The van der Waals surface area contributed by atoms with Crippen LogP contribution in [0.25, 0.3) is 34.1 Å². The SMILES string of the molecule is Cc1[cH-]c2cc([Si](C)C)c(C3C=Cc4ccccc43)c(-c3ccccc3)c2c1C1C=Cc2ccccc21.[Cl-].[Cl-].[Hf]. The van der Waals surface area contributed by atoms with Crippen molar-refractivity contribution >= 4 is 36.9 Å². The number of benzene rings is 4. The zero-order valence-electron chi connectivity index (χ0n) is 22.9. The Morgan fingerprint density at radius 1 is 0.675 bits per heavy atom. The van der Waals surface area contributed by atoms with E-state index in [4.69, 9.17) is 0 Å². The Hall–Kier alpha value is -2.36. The van der Waals surface area contributed by atoms with Crippen molar-refractivity contribution in [3.63, 3.8) is 0 Å². The summed E-state index contributed by atoms with van der Waals surface area (Å²) < 4.78 is 0. The molecule has 0 N–H and O–H groups in total. The first-order chi connectivity index (χ1) is 18.1. The Kier molecular flexibility index (Phi) is 9.37. The Labute approximate surface area is 270 Å². The first kappa shape index (κ1) is 30.6. The van der Waals surface area contributed by atoms with Crippen molar-refractivity contribution in [2.45, 2.75) is 31.9 Å². The fourth-order valence-electron chi connectivity index (χ4n) is 6.68. The molecule has 40 heavy (non-hydrogen) atoms. The van der Waals surface area contributed by atoms with Gasteiger partial charge in [-0.15, -0.1) is 34.0 Å². The van der Waals surface area contributed by atoms with Crippen molar-refractivity contribution in [3.8, 4) is 11.1 Å². The van der Waals surface area contributed by atoms with Crippen LogP contribution in [0.1, 0.15) is 50.8 Å². The van der Waals surface area contributed by atoms with E-state index in [9.17, 15) is 0 Å². The van der Waals surface area contributed by atoms with Gasteiger partial charge in [0, 0.05) is 31.8 Å². The van der Waals surface area contributed by atoms with Crippen LogP contribution in [-0.2, 0) is 25.8 Å². The third-order valence-electron chi connectivity index (χ3n) is 8.29. The van der Waals surface area contributed by atoms with E-state index < -0.39 is 8.80 Å². The van der Waals surface area contributed by atoms with Crippen LogP contribution in [0.2, 0.25) is 13.1 Å². The number of halogens is 2. The Morgan fingerprint density at radius 2 is 1.20 bits per heavy atom. The summed E-state index contributed by atoms with van der Waals surface area (Å²) in [5, 5.41) is 4.39. The van der Waals surface area contributed by atoms with Gasteiger partial charge in [-0.1, -0.05) is 134 Å². The summed E-state index contributed by atoms with van der Waals surface area (Å²) >= 11 is 0. The monoisotopic (exact) mass is 740 g/mol. The molecular formula is C36H30Cl2HfSi-3. The summed E-state index contributed by atoms with van der Waals surface area (Å²) in [4.78, 5) is 0. The van der Waals surface area contributed by atoms with E-state index in [-0.39, 0.29) is 62.5 Å². The maximum absolute atomic E-state index is 2.54. The van der Waals surface area contributed by atoms with Gasteiger partial charge >= 0.3 is 0 Å². The quantitative estimate of drug-likeness (QED) is 0.197. The molecule has 0 spiro atoms. The number of aryl methyl sites for hydroxylation is 1. The van der Waals surface area contributed by atoms with Crippen molar-refractivity contribution in [2.24, 2.45) is 0 Å². The molecule has 0 heterocycles. The second-order valence-electron chi connectivity index (χ2n) is 10.7. The molecule has 2 unspecified atom stereocenters. The van der Waals surface area contributed by atoms with Crippen LogP contribution < -0.4 is 30.0 Å². The van der Waals surface area contributed by atoms with Crippen LogP contribution in [0.4, 0.5) is 0 Å². The molecule has 0 aromatic heterocycles. The van der Waals surface area contributed by atoms with E-state index in [2.05, 4.69) is 135 Å². The van der Waals surface area contributed by atoms with E-state index in [0.29, 0.717) is 0 Å². The largest absolute Gasteiger partial charge is 1.00 e. The van der Waals surface area contributed by atoms with Crippen LogP contribution in [0.5, 0.6) is 0 Å². The van der Waals surface area contributed by atoms with Gasteiger partial charge in [0.25, 0.3) is 0 Å². The molecule has 0 aliphatic heterocycles. The average molecular weight is 740 g/mol. The van der Waals surface area contributed by atoms with Gasteiger partial charge in [-0.05, 0) is 39.3 Å². The predicted octanol–water partition coefficient (Wildman–Crippen LogP) is 2.82. The predicted molar refractivity (Wildman–Crippen MR) is 161 cm³/mol. The minimum Gasteiger partial charge on any atom is -1.00 e. The van der Waals surface area contributed by atoms with Crippen molar-refractivity contribution in [1.29, 1.82) is 0 Å². The molecule has 2 atom stereocenters. The topological polar surface area (TPSA) is 0 Å². The Bertz CT molecular complexity index is 1730. The van der Waals surface area contributed by atoms with Crippen molar-refractivity contribution in [1.82, 2.24) is 0 Å². The van der Waals surface area contributed by atoms with Crippen molar-refractivity contribution in [3.05, 3.63) is 142 Å². The number of hydrogen-bond acceptors (Lipinski definition) is 0. The van der Waals surface area contributed by atoms with Crippen LogP contribution in [0.15, 0.2) is 103 Å². The average Bonchev–Trinajstić information content (AvgIpc) is 3.62. The molecule has 0 amide bonds. The minimum absolute atomic E-state index is 0. The molecule has 0 fully saturated rings. The second kappa shape index (κ2) is 12.2. The summed E-state index contributed by atoms with van der Waals surface area (Å²) in [6.45, 7) is 7.20. The van der Waals surface area contributed by atoms with Crippen LogP contribution in [0, 0.1) is 6.92 Å². The molecule has 4 heteroatoms. The van der Waals surface area contributed by atoms with Gasteiger partial charge in [0.05, 0.1) is 8.80 Å². The third kappa shape index (κ3) is 4.88. The van der Waals surface area contributed by atoms with Crippen LogP contribution in [0.3, 0.4) is 0 Å². The normalized spacial score (nSPS) is 16.3. The van der Waals surface area contributed by atoms with E-state index in [1.54, 1.807) is 5.19 Å². The molecule has 0 saturated carbocycles. The second-order valence-corrected chi connectivity index (χ2v) is 13.3. The Balaban J connectivity index is 0.00000123. The maximum atomic E-state index is 2.54. The van der Waals surface area contributed by atoms with Crippen LogP contribution in [-0.4, -0.2) is 8.80 Å². The fourth-order valence-corrected chi connectivity index (χ4v) is 7.94. The van der Waals surface area contributed by atoms with E-state index in [0.717, 1.165) is 0 Å². The molecule has 5 aromatic carbocycles. The number of fused-ring (bicyclic) bond motifs is 3. The van der Waals surface area contributed by atoms with Gasteiger partial charge in [0.1, 0.15) is 0 Å². The van der Waals surface area contributed by atoms with Crippen molar-refractivity contribution < 1.29 is 50.7 Å². The molecular weight excluding hydrogens is 710 g/mol. The van der Waals surface area contributed by atoms with E-state index in [1.807, 2.05) is 0 Å². The molecule has 199 valence electrons. The zero-order valence-corrected chi connectivity index (χ0v) is 29.0. The molecule has 0 saturated heterocycles. The van der Waals surface area contributed by atoms with E-state index >= 15 is 0 Å². The minimum atomic E-state index is -0.718. The third-order valence-corrected chi connectivity index (χ3v) is 9.78. The molecule has 0 bridgehead atoms. The first-order valence-electron chi connectivity index (χ1n) is 13.3. The molecule has 7 rings (SSSR count). The fraction of sp³-hybridized carbons (Fsp3) is 0.139. The van der Waals surface area contributed by atoms with Gasteiger partial charge in [0.15, 0.2) is 0 Å². The molecule has 2 aliphatic rings. The molecule has 5 aromatic rings. The standard InChI is InChI=1S/C36H30Si.2ClH.Hf/c1-23-21-27-22-32(37(2)3)36(31-20-18-25-12-8-10-16-29(25)31)34(26-13-5-4-6-14-26)35(27)33(23)30-19-17-24-11-7-9-15-28(24)30;;;/h4-22,30-31H,1-3H3;2*1H;/q-1;;;/p-2. The van der Waals surface area contributed by atoms with E-state index in [1.165, 1.54) is 60.8 Å². The maximum Gasteiger partial charge on any atom is 0.0674 e. The number of hydrogen-bond donors (Lipinski definition) is 0. The van der Waals surface area contributed by atoms with Gasteiger partial charge in [-0.3, -0.25) is 0 Å². The van der Waals surface area contributed by atoms with Gasteiger partial charge in [0.2, 0.25) is 0 Å². The van der Waals surface area contributed by atoms with Crippen LogP contribution >= 0.6 is 0 Å². The summed E-state index contributed by atoms with van der Waals surface area (Å²) in [6.07, 6.45) is 9.49. The Morgan fingerprint density at radius 3 is 1.77 bits per heavy atom. The summed E-state index contributed by atoms with van der Waals surface area (Å²) in [7, 11) is -0.718.